The van der Waals surface area contributed by atoms with Gasteiger partial charge in [-0.3, -0.25) is 4.98 Å². The van der Waals surface area contributed by atoms with Crippen LogP contribution in [-0.4, -0.2) is 11.5 Å². The standard InChI is InChI=1S/C16H18Br2N2/c1-2-9-19-16(12-3-5-13(17)6-4-12)10-15-8-7-14(18)11-20-15/h3-8,11,16,19H,2,9-10H2,1H3. The van der Waals surface area contributed by atoms with Crippen molar-refractivity contribution >= 4 is 31.9 Å². The van der Waals surface area contributed by atoms with E-state index in [9.17, 15) is 0 Å². The van der Waals surface area contributed by atoms with Crippen LogP contribution in [0.1, 0.15) is 30.6 Å². The molecule has 1 aromatic carbocycles. The van der Waals surface area contributed by atoms with Crippen molar-refractivity contribution in [1.29, 1.82) is 0 Å². The lowest BCUT2D eigenvalue weighted by molar-refractivity contribution is 0.524. The predicted molar refractivity (Wildman–Crippen MR) is 90.8 cm³/mol. The predicted octanol–water partition coefficient (Wildman–Crippen LogP) is 4.89. The van der Waals surface area contributed by atoms with E-state index in [4.69, 9.17) is 0 Å². The minimum atomic E-state index is 0.303. The van der Waals surface area contributed by atoms with Gasteiger partial charge in [0.05, 0.1) is 0 Å². The van der Waals surface area contributed by atoms with Crippen LogP contribution in [0.2, 0.25) is 0 Å². The van der Waals surface area contributed by atoms with E-state index in [0.29, 0.717) is 6.04 Å². The summed E-state index contributed by atoms with van der Waals surface area (Å²) in [6.45, 7) is 3.20. The first-order valence-electron chi connectivity index (χ1n) is 6.78. The Morgan fingerprint density at radius 1 is 1.05 bits per heavy atom. The number of benzene rings is 1. The third-order valence-corrected chi connectivity index (χ3v) is 4.11. The smallest absolute Gasteiger partial charge is 0.0423 e. The molecule has 0 fully saturated rings. The molecular weight excluding hydrogens is 380 g/mol. The first kappa shape index (κ1) is 15.7. The highest BCUT2D eigenvalue weighted by Crippen LogP contribution is 2.21. The maximum Gasteiger partial charge on any atom is 0.0423 e. The molecule has 0 radical (unpaired) electrons. The van der Waals surface area contributed by atoms with Crippen molar-refractivity contribution in [3.63, 3.8) is 0 Å². The highest BCUT2D eigenvalue weighted by Gasteiger charge is 2.12. The molecular formula is C16H18Br2N2. The molecule has 0 aliphatic carbocycles. The third-order valence-electron chi connectivity index (χ3n) is 3.12. The van der Waals surface area contributed by atoms with Gasteiger partial charge in [-0.15, -0.1) is 0 Å². The zero-order chi connectivity index (χ0) is 14.4. The molecule has 0 saturated carbocycles. The van der Waals surface area contributed by atoms with Crippen molar-refractivity contribution in [3.05, 3.63) is 62.8 Å². The van der Waals surface area contributed by atoms with E-state index < -0.39 is 0 Å². The van der Waals surface area contributed by atoms with Gasteiger partial charge in [-0.05, 0) is 58.7 Å². The molecule has 1 aromatic heterocycles. The Balaban J connectivity index is 2.14. The van der Waals surface area contributed by atoms with Crippen molar-refractivity contribution in [2.24, 2.45) is 0 Å². The molecule has 0 amide bonds. The van der Waals surface area contributed by atoms with Gasteiger partial charge < -0.3 is 5.32 Å². The van der Waals surface area contributed by atoms with Crippen molar-refractivity contribution in [2.75, 3.05) is 6.54 Å². The number of rotatable bonds is 6. The molecule has 1 heterocycles. The van der Waals surface area contributed by atoms with Crippen LogP contribution in [-0.2, 0) is 6.42 Å². The molecule has 2 aromatic rings. The fourth-order valence-corrected chi connectivity index (χ4v) is 2.56. The van der Waals surface area contributed by atoms with Gasteiger partial charge in [-0.2, -0.15) is 0 Å². The molecule has 0 spiro atoms. The molecule has 4 heteroatoms. The fourth-order valence-electron chi connectivity index (χ4n) is 2.06. The second-order valence-electron chi connectivity index (χ2n) is 4.73. The molecule has 106 valence electrons. The molecule has 1 N–H and O–H groups in total. The van der Waals surface area contributed by atoms with E-state index >= 15 is 0 Å². The lowest BCUT2D eigenvalue weighted by atomic mass is 10.0. The Labute approximate surface area is 137 Å². The Morgan fingerprint density at radius 3 is 2.35 bits per heavy atom. The number of hydrogen-bond acceptors (Lipinski definition) is 2. The number of hydrogen-bond donors (Lipinski definition) is 1. The quantitative estimate of drug-likeness (QED) is 0.750. The van der Waals surface area contributed by atoms with Crippen molar-refractivity contribution in [2.45, 2.75) is 25.8 Å². The molecule has 20 heavy (non-hydrogen) atoms. The Kier molecular flexibility index (Phi) is 6.20. The minimum absolute atomic E-state index is 0.303. The number of halogens is 2. The van der Waals surface area contributed by atoms with E-state index in [2.05, 4.69) is 79.4 Å². The Hall–Kier alpha value is -0.710. The van der Waals surface area contributed by atoms with Gasteiger partial charge in [-0.25, -0.2) is 0 Å². The van der Waals surface area contributed by atoms with E-state index in [-0.39, 0.29) is 0 Å². The zero-order valence-electron chi connectivity index (χ0n) is 11.4. The summed E-state index contributed by atoms with van der Waals surface area (Å²) < 4.78 is 2.13. The number of nitrogens with one attached hydrogen (secondary N) is 1. The first-order valence-corrected chi connectivity index (χ1v) is 8.37. The molecule has 1 atom stereocenters. The lowest BCUT2D eigenvalue weighted by Gasteiger charge is -2.19. The summed E-state index contributed by atoms with van der Waals surface area (Å²) in [7, 11) is 0. The topological polar surface area (TPSA) is 24.9 Å². The van der Waals surface area contributed by atoms with Crippen molar-refractivity contribution in [3.8, 4) is 0 Å². The number of pyridine rings is 1. The molecule has 0 saturated heterocycles. The van der Waals surface area contributed by atoms with Gasteiger partial charge in [0.25, 0.3) is 0 Å². The van der Waals surface area contributed by atoms with Crippen molar-refractivity contribution < 1.29 is 0 Å². The Morgan fingerprint density at radius 2 is 1.75 bits per heavy atom. The van der Waals surface area contributed by atoms with Gasteiger partial charge in [-0.1, -0.05) is 35.0 Å². The number of aromatic nitrogens is 1. The molecule has 1 unspecified atom stereocenters. The summed E-state index contributed by atoms with van der Waals surface area (Å²) in [5.41, 5.74) is 2.40. The number of nitrogens with zero attached hydrogens (tertiary/aromatic N) is 1. The summed E-state index contributed by atoms with van der Waals surface area (Å²) in [6, 6.07) is 12.9. The first-order chi connectivity index (χ1) is 9.69. The highest BCUT2D eigenvalue weighted by atomic mass is 79.9. The van der Waals surface area contributed by atoms with Crippen LogP contribution in [0.15, 0.2) is 51.5 Å². The maximum atomic E-state index is 4.47. The third kappa shape index (κ3) is 4.69. The average Bonchev–Trinajstić information content (AvgIpc) is 2.46. The normalized spacial score (nSPS) is 12.3. The van der Waals surface area contributed by atoms with Crippen LogP contribution in [0.4, 0.5) is 0 Å². The van der Waals surface area contributed by atoms with E-state index in [1.807, 2.05) is 12.3 Å². The van der Waals surface area contributed by atoms with E-state index in [1.54, 1.807) is 0 Å². The summed E-state index contributed by atoms with van der Waals surface area (Å²) in [6.07, 6.45) is 3.88. The van der Waals surface area contributed by atoms with Crippen LogP contribution in [0, 0.1) is 0 Å². The fraction of sp³-hybridized carbons (Fsp3) is 0.312. The summed E-state index contributed by atoms with van der Waals surface area (Å²) >= 11 is 6.91. The van der Waals surface area contributed by atoms with Crippen LogP contribution >= 0.6 is 31.9 Å². The van der Waals surface area contributed by atoms with Gasteiger partial charge >= 0.3 is 0 Å². The zero-order valence-corrected chi connectivity index (χ0v) is 14.6. The van der Waals surface area contributed by atoms with Crippen LogP contribution in [0.3, 0.4) is 0 Å². The molecule has 2 rings (SSSR count). The van der Waals surface area contributed by atoms with Crippen LogP contribution in [0.5, 0.6) is 0 Å². The van der Waals surface area contributed by atoms with Gasteiger partial charge in [0.1, 0.15) is 0 Å². The molecule has 0 aliphatic heterocycles. The summed E-state index contributed by atoms with van der Waals surface area (Å²) in [4.78, 5) is 4.47. The minimum Gasteiger partial charge on any atom is -0.310 e. The van der Waals surface area contributed by atoms with Crippen LogP contribution < -0.4 is 5.32 Å². The average molecular weight is 398 g/mol. The largest absolute Gasteiger partial charge is 0.310 e. The summed E-state index contributed by atoms with van der Waals surface area (Å²) in [5, 5.41) is 3.60. The second-order valence-corrected chi connectivity index (χ2v) is 6.56. The lowest BCUT2D eigenvalue weighted by Crippen LogP contribution is -2.24. The van der Waals surface area contributed by atoms with Gasteiger partial charge in [0.2, 0.25) is 0 Å². The highest BCUT2D eigenvalue weighted by molar-refractivity contribution is 9.10. The van der Waals surface area contributed by atoms with Crippen molar-refractivity contribution in [1.82, 2.24) is 10.3 Å². The SMILES string of the molecule is CCCNC(Cc1ccc(Br)cn1)c1ccc(Br)cc1. The van der Waals surface area contributed by atoms with Crippen LogP contribution in [0.25, 0.3) is 0 Å². The molecule has 2 nitrogen and oxygen atoms in total. The second kappa shape index (κ2) is 7.91. The maximum absolute atomic E-state index is 4.47. The van der Waals surface area contributed by atoms with E-state index in [0.717, 1.165) is 34.0 Å². The summed E-state index contributed by atoms with van der Waals surface area (Å²) in [5.74, 6) is 0. The van der Waals surface area contributed by atoms with E-state index in [1.165, 1.54) is 5.56 Å². The van der Waals surface area contributed by atoms with Gasteiger partial charge in [0, 0.05) is 33.3 Å². The molecule has 0 aliphatic rings. The van der Waals surface area contributed by atoms with Gasteiger partial charge in [0.15, 0.2) is 0 Å². The molecule has 0 bridgehead atoms. The monoisotopic (exact) mass is 396 g/mol. The Bertz CT molecular complexity index is 523.